The molecule has 1 aliphatic rings. The van der Waals surface area contributed by atoms with Crippen molar-refractivity contribution in [3.05, 3.63) is 0 Å². The van der Waals surface area contributed by atoms with E-state index in [0.29, 0.717) is 13.0 Å². The number of rotatable bonds is 4. The van der Waals surface area contributed by atoms with Crippen molar-refractivity contribution in [2.75, 3.05) is 19.0 Å². The van der Waals surface area contributed by atoms with Gasteiger partial charge in [0.25, 0.3) is 10.1 Å². The molecule has 0 bridgehead atoms. The summed E-state index contributed by atoms with van der Waals surface area (Å²) >= 11 is 0. The van der Waals surface area contributed by atoms with Gasteiger partial charge in [-0.2, -0.15) is 8.42 Å². The van der Waals surface area contributed by atoms with Gasteiger partial charge in [0.05, 0.1) is 18.5 Å². The van der Waals surface area contributed by atoms with Crippen LogP contribution in [-0.2, 0) is 19.0 Å². The van der Waals surface area contributed by atoms with Crippen LogP contribution in [-0.4, -0.2) is 44.7 Å². The predicted octanol–water partition coefficient (Wildman–Crippen LogP) is -0.497. The van der Waals surface area contributed by atoms with E-state index in [-0.39, 0.29) is 11.9 Å². The van der Waals surface area contributed by atoms with Gasteiger partial charge in [-0.1, -0.05) is 0 Å². The van der Waals surface area contributed by atoms with Crippen LogP contribution in [0.3, 0.4) is 0 Å². The van der Waals surface area contributed by atoms with Crippen LogP contribution in [0.1, 0.15) is 13.3 Å². The first-order valence-electron chi connectivity index (χ1n) is 4.18. The number of hydrogen-bond donors (Lipinski definition) is 1. The zero-order valence-corrected chi connectivity index (χ0v) is 8.29. The molecule has 0 aromatic heterocycles. The molecule has 1 N–H and O–H groups in total. The molecule has 5 nitrogen and oxygen atoms in total. The molecule has 1 aliphatic heterocycles. The highest BCUT2D eigenvalue weighted by atomic mass is 32.2. The highest BCUT2D eigenvalue weighted by Crippen LogP contribution is 2.18. The van der Waals surface area contributed by atoms with Crippen LogP contribution >= 0.6 is 0 Å². The number of ether oxygens (including phenoxy) is 1. The molecule has 0 radical (unpaired) electrons. The van der Waals surface area contributed by atoms with E-state index in [1.165, 1.54) is 0 Å². The van der Waals surface area contributed by atoms with Gasteiger partial charge in [-0.25, -0.2) is 0 Å². The molecule has 78 valence electrons. The van der Waals surface area contributed by atoms with Crippen LogP contribution in [0, 0.1) is 0 Å². The summed E-state index contributed by atoms with van der Waals surface area (Å²) in [6.07, 6.45) is 0.0104. The Kier molecular flexibility index (Phi) is 3.66. The second kappa shape index (κ2) is 4.36. The van der Waals surface area contributed by atoms with E-state index in [0.717, 1.165) is 0 Å². The average molecular weight is 210 g/mol. The lowest BCUT2D eigenvalue weighted by Crippen LogP contribution is -2.27. The van der Waals surface area contributed by atoms with Crippen molar-refractivity contribution in [1.29, 1.82) is 0 Å². The molecule has 2 atom stereocenters. The Morgan fingerprint density at radius 1 is 1.62 bits per heavy atom. The van der Waals surface area contributed by atoms with Crippen LogP contribution in [0.5, 0.6) is 0 Å². The van der Waals surface area contributed by atoms with Crippen molar-refractivity contribution in [3.63, 3.8) is 0 Å². The topological polar surface area (TPSA) is 72.8 Å². The summed E-state index contributed by atoms with van der Waals surface area (Å²) in [5.41, 5.74) is 0. The van der Waals surface area contributed by atoms with Gasteiger partial charge >= 0.3 is 0 Å². The van der Waals surface area contributed by atoms with Gasteiger partial charge in [0.15, 0.2) is 0 Å². The molecule has 0 aliphatic carbocycles. The maximum Gasteiger partial charge on any atom is 0.269 e. The maximum absolute atomic E-state index is 11.1. The molecule has 2 unspecified atom stereocenters. The molecule has 0 aromatic rings. The molecule has 1 fully saturated rings. The molecule has 0 aromatic carbocycles. The van der Waals surface area contributed by atoms with Gasteiger partial charge in [0, 0.05) is 13.0 Å². The third-order valence-electron chi connectivity index (χ3n) is 1.92. The first-order valence-corrected chi connectivity index (χ1v) is 5.76. The second-order valence-corrected chi connectivity index (χ2v) is 4.70. The van der Waals surface area contributed by atoms with E-state index in [1.54, 1.807) is 6.92 Å². The number of aliphatic hydroxyl groups is 1. The first kappa shape index (κ1) is 10.9. The second-order valence-electron chi connectivity index (χ2n) is 2.98. The van der Waals surface area contributed by atoms with Gasteiger partial charge in [-0.05, 0) is 6.92 Å². The van der Waals surface area contributed by atoms with Gasteiger partial charge in [-0.3, -0.25) is 4.18 Å². The SMILES string of the molecule is CC1OCCC1OS(=O)(=O)CCO. The van der Waals surface area contributed by atoms with Crippen molar-refractivity contribution >= 4 is 10.1 Å². The van der Waals surface area contributed by atoms with Crippen LogP contribution in [0.2, 0.25) is 0 Å². The Labute approximate surface area is 77.8 Å². The average Bonchev–Trinajstić information content (AvgIpc) is 2.35. The largest absolute Gasteiger partial charge is 0.395 e. The molecule has 1 heterocycles. The Morgan fingerprint density at radius 3 is 2.77 bits per heavy atom. The van der Waals surface area contributed by atoms with E-state index < -0.39 is 22.8 Å². The summed E-state index contributed by atoms with van der Waals surface area (Å²) in [6.45, 7) is 1.89. The fourth-order valence-electron chi connectivity index (χ4n) is 1.19. The molecule has 0 saturated carbocycles. The minimum absolute atomic E-state index is 0.187. The maximum atomic E-state index is 11.1. The minimum atomic E-state index is -3.58. The number of aliphatic hydroxyl groups excluding tert-OH is 1. The fourth-order valence-corrected chi connectivity index (χ4v) is 2.14. The van der Waals surface area contributed by atoms with Gasteiger partial charge in [0.2, 0.25) is 0 Å². The molecule has 1 saturated heterocycles. The Hall–Kier alpha value is -0.170. The minimum Gasteiger partial charge on any atom is -0.395 e. The van der Waals surface area contributed by atoms with Gasteiger partial charge in [-0.15, -0.1) is 0 Å². The normalized spacial score (nSPS) is 29.4. The van der Waals surface area contributed by atoms with E-state index >= 15 is 0 Å². The summed E-state index contributed by atoms with van der Waals surface area (Å²) in [6, 6.07) is 0. The van der Waals surface area contributed by atoms with Crippen molar-refractivity contribution in [2.24, 2.45) is 0 Å². The lowest BCUT2D eigenvalue weighted by Gasteiger charge is -2.13. The van der Waals surface area contributed by atoms with Gasteiger partial charge in [0.1, 0.15) is 6.10 Å². The van der Waals surface area contributed by atoms with E-state index in [9.17, 15) is 8.42 Å². The van der Waals surface area contributed by atoms with E-state index in [2.05, 4.69) is 0 Å². The molecular formula is C7H14O5S. The third-order valence-corrected chi connectivity index (χ3v) is 3.14. The molecule has 0 spiro atoms. The Balaban J connectivity index is 2.47. The van der Waals surface area contributed by atoms with Crippen LogP contribution in [0.15, 0.2) is 0 Å². The zero-order valence-electron chi connectivity index (χ0n) is 7.47. The summed E-state index contributed by atoms with van der Waals surface area (Å²) in [4.78, 5) is 0. The summed E-state index contributed by atoms with van der Waals surface area (Å²) in [7, 11) is -3.58. The standard InChI is InChI=1S/C7H14O5S/c1-6-7(2-4-11-6)12-13(9,10)5-3-8/h6-8H,2-5H2,1H3. The molecular weight excluding hydrogens is 196 g/mol. The quantitative estimate of drug-likeness (QED) is 0.633. The lowest BCUT2D eigenvalue weighted by molar-refractivity contribution is 0.0698. The van der Waals surface area contributed by atoms with Crippen LogP contribution < -0.4 is 0 Å². The zero-order chi connectivity index (χ0) is 9.90. The van der Waals surface area contributed by atoms with Crippen molar-refractivity contribution in [2.45, 2.75) is 25.6 Å². The van der Waals surface area contributed by atoms with Crippen LogP contribution in [0.25, 0.3) is 0 Å². The number of hydrogen-bond acceptors (Lipinski definition) is 5. The molecule has 1 rings (SSSR count). The fraction of sp³-hybridized carbons (Fsp3) is 1.00. The van der Waals surface area contributed by atoms with E-state index in [4.69, 9.17) is 14.0 Å². The van der Waals surface area contributed by atoms with Crippen molar-refractivity contribution in [1.82, 2.24) is 0 Å². The molecule has 6 heteroatoms. The van der Waals surface area contributed by atoms with Crippen molar-refractivity contribution in [3.8, 4) is 0 Å². The van der Waals surface area contributed by atoms with E-state index in [1.807, 2.05) is 0 Å². The lowest BCUT2D eigenvalue weighted by atomic mass is 10.2. The van der Waals surface area contributed by atoms with Crippen molar-refractivity contribution < 1.29 is 22.4 Å². The summed E-state index contributed by atoms with van der Waals surface area (Å²) in [5, 5.41) is 8.45. The summed E-state index contributed by atoms with van der Waals surface area (Å²) in [5.74, 6) is -0.351. The predicted molar refractivity (Wildman–Crippen MR) is 45.8 cm³/mol. The van der Waals surface area contributed by atoms with Crippen LogP contribution in [0.4, 0.5) is 0 Å². The highest BCUT2D eigenvalue weighted by Gasteiger charge is 2.29. The first-order chi connectivity index (χ1) is 6.05. The Bertz CT molecular complexity index is 248. The van der Waals surface area contributed by atoms with Gasteiger partial charge < -0.3 is 9.84 Å². The monoisotopic (exact) mass is 210 g/mol. The molecule has 13 heavy (non-hydrogen) atoms. The molecule has 0 amide bonds. The highest BCUT2D eigenvalue weighted by molar-refractivity contribution is 7.86. The smallest absolute Gasteiger partial charge is 0.269 e. The third kappa shape index (κ3) is 3.22. The summed E-state index contributed by atoms with van der Waals surface area (Å²) < 4.78 is 32.2. The Morgan fingerprint density at radius 2 is 2.31 bits per heavy atom.